The van der Waals surface area contributed by atoms with Gasteiger partial charge >= 0.3 is 0 Å². The molecule has 0 atom stereocenters. The Morgan fingerprint density at radius 1 is 0.824 bits per heavy atom. The van der Waals surface area contributed by atoms with Gasteiger partial charge in [-0.1, -0.05) is 18.2 Å². The number of nitrogens with one attached hydrogen (secondary N) is 1. The standard InChI is InChI=1S/C26H26N4O4/c1-18(31)28-24-11-10-22(17-27-24)19-6-8-20(9-7-19)25(32)29-12-14-30(15-13-29)26(33)21-4-3-5-23(16-21)34-2/h3-11,16-17H,12-15H2,1-2H3,(H,27,28,31). The molecule has 0 radical (unpaired) electrons. The van der Waals surface area contributed by atoms with Crippen LogP contribution in [0.1, 0.15) is 27.6 Å². The monoisotopic (exact) mass is 458 g/mol. The van der Waals surface area contributed by atoms with Gasteiger partial charge in [-0.15, -0.1) is 0 Å². The van der Waals surface area contributed by atoms with Crippen LogP contribution in [0.3, 0.4) is 0 Å². The summed E-state index contributed by atoms with van der Waals surface area (Å²) >= 11 is 0. The summed E-state index contributed by atoms with van der Waals surface area (Å²) in [7, 11) is 1.57. The number of amides is 3. The first-order chi connectivity index (χ1) is 16.4. The molecule has 8 nitrogen and oxygen atoms in total. The number of piperazine rings is 1. The fourth-order valence-corrected chi connectivity index (χ4v) is 3.86. The normalized spacial score (nSPS) is 13.4. The number of ether oxygens (including phenoxy) is 1. The van der Waals surface area contributed by atoms with Crippen molar-refractivity contribution in [3.05, 3.63) is 78.0 Å². The van der Waals surface area contributed by atoms with Crippen molar-refractivity contribution in [2.75, 3.05) is 38.6 Å². The number of aromatic nitrogens is 1. The predicted octanol–water partition coefficient (Wildman–Crippen LogP) is 3.31. The van der Waals surface area contributed by atoms with E-state index < -0.39 is 0 Å². The molecule has 1 N–H and O–H groups in total. The zero-order chi connectivity index (χ0) is 24.1. The molecular weight excluding hydrogens is 432 g/mol. The van der Waals surface area contributed by atoms with Crippen molar-refractivity contribution in [1.82, 2.24) is 14.8 Å². The minimum atomic E-state index is -0.173. The molecule has 1 aromatic heterocycles. The topological polar surface area (TPSA) is 91.8 Å². The van der Waals surface area contributed by atoms with Crippen molar-refractivity contribution < 1.29 is 19.1 Å². The number of anilines is 1. The molecule has 3 aromatic rings. The van der Waals surface area contributed by atoms with E-state index in [-0.39, 0.29) is 17.7 Å². The molecule has 174 valence electrons. The molecule has 0 aliphatic carbocycles. The Kier molecular flexibility index (Phi) is 6.87. The van der Waals surface area contributed by atoms with E-state index in [4.69, 9.17) is 4.74 Å². The number of methoxy groups -OCH3 is 1. The molecule has 0 bridgehead atoms. The van der Waals surface area contributed by atoms with Gasteiger partial charge in [-0.05, 0) is 48.0 Å². The maximum absolute atomic E-state index is 13.0. The highest BCUT2D eigenvalue weighted by molar-refractivity contribution is 5.96. The molecule has 3 amide bonds. The molecule has 0 spiro atoms. The summed E-state index contributed by atoms with van der Waals surface area (Å²) in [5.41, 5.74) is 2.98. The van der Waals surface area contributed by atoms with Crippen molar-refractivity contribution in [1.29, 1.82) is 0 Å². The minimum absolute atomic E-state index is 0.0563. The van der Waals surface area contributed by atoms with Gasteiger partial charge in [0.15, 0.2) is 0 Å². The Hall–Kier alpha value is -4.20. The van der Waals surface area contributed by atoms with Crippen LogP contribution in [-0.4, -0.2) is 65.8 Å². The summed E-state index contributed by atoms with van der Waals surface area (Å²) in [6, 6.07) is 18.1. The Balaban J connectivity index is 1.35. The van der Waals surface area contributed by atoms with Gasteiger partial charge in [0, 0.05) is 56.0 Å². The van der Waals surface area contributed by atoms with Crippen LogP contribution in [0.2, 0.25) is 0 Å². The minimum Gasteiger partial charge on any atom is -0.497 e. The lowest BCUT2D eigenvalue weighted by Crippen LogP contribution is -2.50. The summed E-state index contributed by atoms with van der Waals surface area (Å²) in [6.45, 7) is 3.35. The number of hydrogen-bond acceptors (Lipinski definition) is 5. The number of hydrogen-bond donors (Lipinski definition) is 1. The molecule has 8 heteroatoms. The van der Waals surface area contributed by atoms with Crippen LogP contribution < -0.4 is 10.1 Å². The lowest BCUT2D eigenvalue weighted by molar-refractivity contribution is -0.114. The smallest absolute Gasteiger partial charge is 0.254 e. The predicted molar refractivity (Wildman–Crippen MR) is 129 cm³/mol. The van der Waals surface area contributed by atoms with Crippen molar-refractivity contribution in [2.24, 2.45) is 0 Å². The number of carbonyl (C=O) groups is 3. The van der Waals surface area contributed by atoms with Gasteiger partial charge < -0.3 is 19.9 Å². The first-order valence-corrected chi connectivity index (χ1v) is 11.0. The average molecular weight is 459 g/mol. The van der Waals surface area contributed by atoms with Gasteiger partial charge in [-0.2, -0.15) is 0 Å². The molecule has 0 saturated carbocycles. The molecule has 2 aromatic carbocycles. The van der Waals surface area contributed by atoms with E-state index in [1.807, 2.05) is 18.2 Å². The van der Waals surface area contributed by atoms with Crippen LogP contribution in [0.5, 0.6) is 5.75 Å². The van der Waals surface area contributed by atoms with E-state index in [1.165, 1.54) is 6.92 Å². The first kappa shape index (κ1) is 23.0. The first-order valence-electron chi connectivity index (χ1n) is 11.0. The summed E-state index contributed by atoms with van der Waals surface area (Å²) in [4.78, 5) is 44.7. The average Bonchev–Trinajstić information content (AvgIpc) is 2.88. The third-order valence-corrected chi connectivity index (χ3v) is 5.70. The number of rotatable bonds is 5. The van der Waals surface area contributed by atoms with Crippen molar-refractivity contribution >= 4 is 23.5 Å². The Labute approximate surface area is 198 Å². The highest BCUT2D eigenvalue weighted by Crippen LogP contribution is 2.21. The third kappa shape index (κ3) is 5.23. The van der Waals surface area contributed by atoms with Gasteiger partial charge in [-0.25, -0.2) is 4.98 Å². The summed E-state index contributed by atoms with van der Waals surface area (Å²) < 4.78 is 5.20. The lowest BCUT2D eigenvalue weighted by Gasteiger charge is -2.35. The van der Waals surface area contributed by atoms with Crippen molar-refractivity contribution in [2.45, 2.75) is 6.92 Å². The van der Waals surface area contributed by atoms with E-state index in [2.05, 4.69) is 10.3 Å². The molecule has 34 heavy (non-hydrogen) atoms. The molecule has 1 saturated heterocycles. The molecule has 0 unspecified atom stereocenters. The van der Waals surface area contributed by atoms with E-state index in [1.54, 1.807) is 65.6 Å². The van der Waals surface area contributed by atoms with Crippen molar-refractivity contribution in [3.63, 3.8) is 0 Å². The summed E-state index contributed by atoms with van der Waals surface area (Å²) in [5.74, 6) is 0.843. The molecule has 1 fully saturated rings. The van der Waals surface area contributed by atoms with E-state index in [9.17, 15) is 14.4 Å². The van der Waals surface area contributed by atoms with Crippen LogP contribution in [0.15, 0.2) is 66.9 Å². The van der Waals surface area contributed by atoms with E-state index in [0.717, 1.165) is 11.1 Å². The second-order valence-electron chi connectivity index (χ2n) is 8.01. The third-order valence-electron chi connectivity index (χ3n) is 5.70. The van der Waals surface area contributed by atoms with E-state index in [0.29, 0.717) is 48.9 Å². The largest absolute Gasteiger partial charge is 0.497 e. The quantitative estimate of drug-likeness (QED) is 0.633. The van der Waals surface area contributed by atoms with Crippen LogP contribution in [0.25, 0.3) is 11.1 Å². The molecule has 2 heterocycles. The number of nitrogens with zero attached hydrogens (tertiary/aromatic N) is 3. The van der Waals surface area contributed by atoms with Gasteiger partial charge in [-0.3, -0.25) is 14.4 Å². The lowest BCUT2D eigenvalue weighted by atomic mass is 10.0. The highest BCUT2D eigenvalue weighted by atomic mass is 16.5. The SMILES string of the molecule is COc1cccc(C(=O)N2CCN(C(=O)c3ccc(-c4ccc(NC(C)=O)nc4)cc3)CC2)c1. The molecule has 4 rings (SSSR count). The fraction of sp³-hybridized carbons (Fsp3) is 0.231. The second kappa shape index (κ2) is 10.2. The Bertz CT molecular complexity index is 1180. The molecule has 1 aliphatic rings. The van der Waals surface area contributed by atoms with Gasteiger partial charge in [0.25, 0.3) is 11.8 Å². The number of benzene rings is 2. The van der Waals surface area contributed by atoms with Gasteiger partial charge in [0.1, 0.15) is 11.6 Å². The second-order valence-corrected chi connectivity index (χ2v) is 8.01. The zero-order valence-electron chi connectivity index (χ0n) is 19.2. The van der Waals surface area contributed by atoms with Crippen LogP contribution in [0, 0.1) is 0 Å². The highest BCUT2D eigenvalue weighted by Gasteiger charge is 2.25. The van der Waals surface area contributed by atoms with Crippen molar-refractivity contribution in [3.8, 4) is 16.9 Å². The van der Waals surface area contributed by atoms with Gasteiger partial charge in [0.2, 0.25) is 5.91 Å². The molecular formula is C26H26N4O4. The van der Waals surface area contributed by atoms with Gasteiger partial charge in [0.05, 0.1) is 7.11 Å². The Morgan fingerprint density at radius 2 is 1.44 bits per heavy atom. The maximum Gasteiger partial charge on any atom is 0.254 e. The maximum atomic E-state index is 13.0. The number of pyridine rings is 1. The number of carbonyl (C=O) groups excluding carboxylic acids is 3. The summed E-state index contributed by atoms with van der Waals surface area (Å²) in [6.07, 6.45) is 1.68. The summed E-state index contributed by atoms with van der Waals surface area (Å²) in [5, 5.41) is 2.64. The van der Waals surface area contributed by atoms with E-state index >= 15 is 0 Å². The zero-order valence-corrected chi connectivity index (χ0v) is 19.2. The van der Waals surface area contributed by atoms with Crippen LogP contribution in [0.4, 0.5) is 5.82 Å². The van der Waals surface area contributed by atoms with Crippen LogP contribution in [-0.2, 0) is 4.79 Å². The van der Waals surface area contributed by atoms with Crippen LogP contribution >= 0.6 is 0 Å². The molecule has 1 aliphatic heterocycles. The fourth-order valence-electron chi connectivity index (χ4n) is 3.86. The Morgan fingerprint density at radius 3 is 2.00 bits per heavy atom.